The maximum Gasteiger partial charge on any atom is 0.321 e. The fourth-order valence-electron chi connectivity index (χ4n) is 2.65. The van der Waals surface area contributed by atoms with Crippen molar-refractivity contribution in [3.05, 3.63) is 29.8 Å². The third kappa shape index (κ3) is 5.26. The molecule has 1 fully saturated rings. The summed E-state index contributed by atoms with van der Waals surface area (Å²) in [6.45, 7) is 6.00. The van der Waals surface area contributed by atoms with Gasteiger partial charge in [0.05, 0.1) is 18.6 Å². The minimum Gasteiger partial charge on any atom is -0.376 e. The van der Waals surface area contributed by atoms with Crippen molar-refractivity contribution in [1.82, 2.24) is 4.90 Å². The molecule has 5 heteroatoms. The van der Waals surface area contributed by atoms with E-state index in [1.54, 1.807) is 4.90 Å². The lowest BCUT2D eigenvalue weighted by atomic mass is 10.0. The number of nitrogens with one attached hydrogen (secondary N) is 1. The zero-order valence-electron chi connectivity index (χ0n) is 13.9. The molecule has 0 aliphatic carbocycles. The van der Waals surface area contributed by atoms with Gasteiger partial charge < -0.3 is 15.0 Å². The van der Waals surface area contributed by atoms with Gasteiger partial charge in [0.15, 0.2) is 0 Å². The molecule has 0 aromatic heterocycles. The molecular weight excluding hydrogens is 290 g/mol. The Labute approximate surface area is 138 Å². The molecule has 1 aliphatic rings. The number of hydrogen-bond acceptors (Lipinski definition) is 3. The Bertz CT molecular complexity index is 542. The summed E-state index contributed by atoms with van der Waals surface area (Å²) in [6, 6.07) is 9.82. The van der Waals surface area contributed by atoms with Gasteiger partial charge in [-0.25, -0.2) is 4.79 Å². The molecule has 23 heavy (non-hydrogen) atoms. The van der Waals surface area contributed by atoms with Crippen LogP contribution in [0.5, 0.6) is 0 Å². The summed E-state index contributed by atoms with van der Waals surface area (Å²) in [6.07, 6.45) is 2.42. The summed E-state index contributed by atoms with van der Waals surface area (Å²) < 4.78 is 5.60. The van der Waals surface area contributed by atoms with E-state index in [1.165, 1.54) is 5.56 Å². The van der Waals surface area contributed by atoms with Gasteiger partial charge in [-0.1, -0.05) is 26.0 Å². The highest BCUT2D eigenvalue weighted by molar-refractivity contribution is 5.89. The van der Waals surface area contributed by atoms with Crippen LogP contribution >= 0.6 is 0 Å². The second-order valence-electron chi connectivity index (χ2n) is 6.20. The van der Waals surface area contributed by atoms with Crippen molar-refractivity contribution in [1.29, 1.82) is 5.26 Å². The number of urea groups is 1. The molecule has 1 N–H and O–H groups in total. The third-order valence-electron chi connectivity index (χ3n) is 4.06. The van der Waals surface area contributed by atoms with Crippen LogP contribution in [0.15, 0.2) is 24.3 Å². The zero-order valence-corrected chi connectivity index (χ0v) is 13.9. The van der Waals surface area contributed by atoms with Crippen molar-refractivity contribution in [2.75, 3.05) is 25.0 Å². The maximum absolute atomic E-state index is 12.5. The Morgan fingerprint density at radius 1 is 1.43 bits per heavy atom. The van der Waals surface area contributed by atoms with Crippen molar-refractivity contribution in [3.8, 4) is 6.07 Å². The molecule has 1 unspecified atom stereocenters. The lowest BCUT2D eigenvalue weighted by Gasteiger charge is -2.25. The number of amides is 2. The molecule has 1 aromatic carbocycles. The van der Waals surface area contributed by atoms with E-state index in [1.807, 2.05) is 24.3 Å². The SMILES string of the molecule is CC(C)c1ccc(NC(=O)N(CCC#N)CC2CCCO2)cc1. The quantitative estimate of drug-likeness (QED) is 0.869. The summed E-state index contributed by atoms with van der Waals surface area (Å²) in [5.41, 5.74) is 2.01. The van der Waals surface area contributed by atoms with Gasteiger partial charge in [-0.2, -0.15) is 5.26 Å². The maximum atomic E-state index is 12.5. The molecule has 5 nitrogen and oxygen atoms in total. The number of benzene rings is 1. The molecule has 2 rings (SSSR count). The van der Waals surface area contributed by atoms with Crippen LogP contribution in [0.3, 0.4) is 0 Å². The van der Waals surface area contributed by atoms with Crippen LogP contribution < -0.4 is 5.32 Å². The molecule has 1 aromatic rings. The number of carbonyl (C=O) groups is 1. The molecule has 0 saturated carbocycles. The number of rotatable bonds is 6. The molecular formula is C18H25N3O2. The van der Waals surface area contributed by atoms with E-state index >= 15 is 0 Å². The van der Waals surface area contributed by atoms with Crippen LogP contribution in [0.25, 0.3) is 0 Å². The summed E-state index contributed by atoms with van der Waals surface area (Å²) >= 11 is 0. The second-order valence-corrected chi connectivity index (χ2v) is 6.20. The van der Waals surface area contributed by atoms with Gasteiger partial charge >= 0.3 is 6.03 Å². The normalized spacial score (nSPS) is 17.0. The standard InChI is InChI=1S/C18H25N3O2/c1-14(2)15-6-8-16(9-7-15)20-18(22)21(11-4-10-19)13-17-5-3-12-23-17/h6-9,14,17H,3-5,11-13H2,1-2H3,(H,20,22). The monoisotopic (exact) mass is 315 g/mol. The van der Waals surface area contributed by atoms with Gasteiger partial charge in [0.2, 0.25) is 0 Å². The number of anilines is 1. The average Bonchev–Trinajstić information content (AvgIpc) is 3.05. The average molecular weight is 315 g/mol. The fourth-order valence-corrected chi connectivity index (χ4v) is 2.65. The van der Waals surface area contributed by atoms with Crippen LogP contribution in [0.2, 0.25) is 0 Å². The zero-order chi connectivity index (χ0) is 16.7. The highest BCUT2D eigenvalue weighted by Crippen LogP contribution is 2.18. The van der Waals surface area contributed by atoms with Gasteiger partial charge in [0, 0.05) is 25.4 Å². The molecule has 124 valence electrons. The first-order valence-corrected chi connectivity index (χ1v) is 8.24. The molecule has 2 amide bonds. The predicted octanol–water partition coefficient (Wildman–Crippen LogP) is 3.74. The van der Waals surface area contributed by atoms with E-state index in [9.17, 15) is 4.79 Å². The van der Waals surface area contributed by atoms with Crippen LogP contribution in [-0.2, 0) is 4.74 Å². The van der Waals surface area contributed by atoms with E-state index < -0.39 is 0 Å². The first-order valence-electron chi connectivity index (χ1n) is 8.24. The Balaban J connectivity index is 1.96. The van der Waals surface area contributed by atoms with Crippen LogP contribution in [0.4, 0.5) is 10.5 Å². The van der Waals surface area contributed by atoms with Crippen molar-refractivity contribution in [2.45, 2.75) is 45.1 Å². The van der Waals surface area contributed by atoms with Crippen molar-refractivity contribution in [2.24, 2.45) is 0 Å². The predicted molar refractivity (Wildman–Crippen MR) is 90.3 cm³/mol. The molecule has 1 atom stereocenters. The van der Waals surface area contributed by atoms with E-state index in [0.29, 0.717) is 25.4 Å². The van der Waals surface area contributed by atoms with Crippen LogP contribution in [-0.4, -0.2) is 36.7 Å². The van der Waals surface area contributed by atoms with E-state index in [0.717, 1.165) is 25.1 Å². The number of carbonyl (C=O) groups excluding carboxylic acids is 1. The topological polar surface area (TPSA) is 65.4 Å². The lowest BCUT2D eigenvalue weighted by molar-refractivity contribution is 0.0841. The molecule has 1 aliphatic heterocycles. The van der Waals surface area contributed by atoms with Gasteiger partial charge in [-0.3, -0.25) is 0 Å². The summed E-state index contributed by atoms with van der Waals surface area (Å²) in [7, 11) is 0. The number of hydrogen-bond donors (Lipinski definition) is 1. The lowest BCUT2D eigenvalue weighted by Crippen LogP contribution is -2.40. The smallest absolute Gasteiger partial charge is 0.321 e. The Morgan fingerprint density at radius 2 is 2.17 bits per heavy atom. The van der Waals surface area contributed by atoms with E-state index in [2.05, 4.69) is 25.2 Å². The Morgan fingerprint density at radius 3 is 2.74 bits per heavy atom. The highest BCUT2D eigenvalue weighted by Gasteiger charge is 2.22. The van der Waals surface area contributed by atoms with Gasteiger partial charge in [0.25, 0.3) is 0 Å². The molecule has 0 bridgehead atoms. The number of nitriles is 1. The van der Waals surface area contributed by atoms with E-state index in [4.69, 9.17) is 10.00 Å². The van der Waals surface area contributed by atoms with Crippen molar-refractivity contribution >= 4 is 11.7 Å². The van der Waals surface area contributed by atoms with Crippen molar-refractivity contribution in [3.63, 3.8) is 0 Å². The van der Waals surface area contributed by atoms with Gasteiger partial charge in [0.1, 0.15) is 0 Å². The molecule has 1 saturated heterocycles. The Hall–Kier alpha value is -2.06. The summed E-state index contributed by atoms with van der Waals surface area (Å²) in [4.78, 5) is 14.2. The number of ether oxygens (including phenoxy) is 1. The third-order valence-corrected chi connectivity index (χ3v) is 4.06. The first-order chi connectivity index (χ1) is 11.1. The first kappa shape index (κ1) is 17.3. The Kier molecular flexibility index (Phi) is 6.42. The van der Waals surface area contributed by atoms with Crippen molar-refractivity contribution < 1.29 is 9.53 Å². The molecule has 0 radical (unpaired) electrons. The van der Waals surface area contributed by atoms with Crippen LogP contribution in [0.1, 0.15) is 44.6 Å². The molecule has 0 spiro atoms. The highest BCUT2D eigenvalue weighted by atomic mass is 16.5. The summed E-state index contributed by atoms with van der Waals surface area (Å²) in [5, 5.41) is 11.7. The largest absolute Gasteiger partial charge is 0.376 e. The fraction of sp³-hybridized carbons (Fsp3) is 0.556. The minimum atomic E-state index is -0.173. The van der Waals surface area contributed by atoms with Gasteiger partial charge in [-0.05, 0) is 36.5 Å². The van der Waals surface area contributed by atoms with E-state index in [-0.39, 0.29) is 12.1 Å². The second kappa shape index (κ2) is 8.54. The minimum absolute atomic E-state index is 0.0859. The number of nitrogens with zero attached hydrogens (tertiary/aromatic N) is 2. The van der Waals surface area contributed by atoms with Crippen LogP contribution in [0, 0.1) is 11.3 Å². The summed E-state index contributed by atoms with van der Waals surface area (Å²) in [5.74, 6) is 0.464. The van der Waals surface area contributed by atoms with Gasteiger partial charge in [-0.15, -0.1) is 0 Å². The molecule has 1 heterocycles.